The summed E-state index contributed by atoms with van der Waals surface area (Å²) < 4.78 is 4.86. The number of thiazole rings is 1. The SMILES string of the molecule is COCCNC(=O)Cc1csc(NC(=O)Nc2ccccc2)n1. The van der Waals surface area contributed by atoms with E-state index < -0.39 is 0 Å². The fourth-order valence-corrected chi connectivity index (χ4v) is 2.45. The van der Waals surface area contributed by atoms with E-state index in [9.17, 15) is 9.59 Å². The first-order chi connectivity index (χ1) is 11.2. The van der Waals surface area contributed by atoms with Gasteiger partial charge in [-0.1, -0.05) is 18.2 Å². The minimum Gasteiger partial charge on any atom is -0.383 e. The lowest BCUT2D eigenvalue weighted by atomic mass is 10.3. The van der Waals surface area contributed by atoms with Crippen LogP contribution in [0.4, 0.5) is 15.6 Å². The zero-order chi connectivity index (χ0) is 16.5. The molecule has 0 fully saturated rings. The van der Waals surface area contributed by atoms with Gasteiger partial charge in [0.15, 0.2) is 5.13 Å². The first-order valence-corrected chi connectivity index (χ1v) is 7.88. The standard InChI is InChI=1S/C15H18N4O3S/c1-22-8-7-16-13(20)9-12-10-23-15(18-12)19-14(21)17-11-5-3-2-4-6-11/h2-6,10H,7-9H2,1H3,(H,16,20)(H2,17,18,19,21). The van der Waals surface area contributed by atoms with Crippen LogP contribution < -0.4 is 16.0 Å². The molecule has 0 atom stereocenters. The van der Waals surface area contributed by atoms with Crippen molar-refractivity contribution in [1.82, 2.24) is 10.3 Å². The van der Waals surface area contributed by atoms with E-state index in [1.54, 1.807) is 24.6 Å². The zero-order valence-corrected chi connectivity index (χ0v) is 13.5. The Balaban J connectivity index is 1.80. The van der Waals surface area contributed by atoms with E-state index in [-0.39, 0.29) is 18.4 Å². The van der Waals surface area contributed by atoms with Crippen molar-refractivity contribution in [3.8, 4) is 0 Å². The third kappa shape index (κ3) is 6.05. The fraction of sp³-hybridized carbons (Fsp3) is 0.267. The van der Waals surface area contributed by atoms with Crippen LogP contribution in [-0.4, -0.2) is 37.2 Å². The summed E-state index contributed by atoms with van der Waals surface area (Å²) in [6.45, 7) is 0.930. The molecule has 8 heteroatoms. The molecule has 0 bridgehead atoms. The molecule has 0 saturated heterocycles. The van der Waals surface area contributed by atoms with Gasteiger partial charge >= 0.3 is 6.03 Å². The maximum Gasteiger partial charge on any atom is 0.325 e. The Morgan fingerprint density at radius 3 is 2.74 bits per heavy atom. The fourth-order valence-electron chi connectivity index (χ4n) is 1.75. The van der Waals surface area contributed by atoms with Crippen molar-refractivity contribution >= 4 is 34.1 Å². The van der Waals surface area contributed by atoms with Crippen molar-refractivity contribution < 1.29 is 14.3 Å². The zero-order valence-electron chi connectivity index (χ0n) is 12.7. The van der Waals surface area contributed by atoms with Crippen LogP contribution in [0.3, 0.4) is 0 Å². The quantitative estimate of drug-likeness (QED) is 0.676. The number of aromatic nitrogens is 1. The third-order valence-electron chi connectivity index (χ3n) is 2.77. The van der Waals surface area contributed by atoms with Crippen molar-refractivity contribution in [2.24, 2.45) is 0 Å². The van der Waals surface area contributed by atoms with Crippen LogP contribution >= 0.6 is 11.3 Å². The van der Waals surface area contributed by atoms with Crippen molar-refractivity contribution in [3.05, 3.63) is 41.4 Å². The number of urea groups is 1. The molecule has 1 aromatic heterocycles. The smallest absolute Gasteiger partial charge is 0.325 e. The van der Waals surface area contributed by atoms with Gasteiger partial charge in [-0.3, -0.25) is 10.1 Å². The molecule has 2 aromatic rings. The van der Waals surface area contributed by atoms with E-state index >= 15 is 0 Å². The lowest BCUT2D eigenvalue weighted by Gasteiger charge is -2.04. The molecule has 1 heterocycles. The van der Waals surface area contributed by atoms with E-state index in [1.165, 1.54) is 11.3 Å². The Kier molecular flexibility index (Phi) is 6.52. The number of ether oxygens (including phenoxy) is 1. The van der Waals surface area contributed by atoms with Crippen molar-refractivity contribution in [3.63, 3.8) is 0 Å². The molecule has 0 unspecified atom stereocenters. The van der Waals surface area contributed by atoms with E-state index in [4.69, 9.17) is 4.74 Å². The van der Waals surface area contributed by atoms with Gasteiger partial charge in [0.2, 0.25) is 5.91 Å². The minimum absolute atomic E-state index is 0.132. The number of benzene rings is 1. The lowest BCUT2D eigenvalue weighted by molar-refractivity contribution is -0.120. The van der Waals surface area contributed by atoms with E-state index in [0.29, 0.717) is 29.7 Å². The number of rotatable bonds is 7. The molecular weight excluding hydrogens is 316 g/mol. The molecule has 0 spiro atoms. The highest BCUT2D eigenvalue weighted by Gasteiger charge is 2.09. The maximum atomic E-state index is 11.8. The predicted octanol–water partition coefficient (Wildman–Crippen LogP) is 2.09. The van der Waals surface area contributed by atoms with Gasteiger partial charge in [-0.05, 0) is 12.1 Å². The number of para-hydroxylation sites is 1. The molecule has 122 valence electrons. The number of methoxy groups -OCH3 is 1. The second-order valence-electron chi connectivity index (χ2n) is 4.61. The number of amides is 3. The lowest BCUT2D eigenvalue weighted by Crippen LogP contribution is -2.28. The van der Waals surface area contributed by atoms with Crippen molar-refractivity contribution in [2.45, 2.75) is 6.42 Å². The summed E-state index contributed by atoms with van der Waals surface area (Å²) in [6.07, 6.45) is 0.169. The Morgan fingerprint density at radius 2 is 2.00 bits per heavy atom. The number of carbonyl (C=O) groups is 2. The van der Waals surface area contributed by atoms with Gasteiger partial charge in [-0.2, -0.15) is 0 Å². The van der Waals surface area contributed by atoms with Crippen LogP contribution in [0.1, 0.15) is 5.69 Å². The molecule has 23 heavy (non-hydrogen) atoms. The Labute approximate surface area is 138 Å². The third-order valence-corrected chi connectivity index (χ3v) is 3.58. The molecule has 0 saturated carbocycles. The number of anilines is 2. The summed E-state index contributed by atoms with van der Waals surface area (Å²) in [5.74, 6) is -0.132. The molecule has 7 nitrogen and oxygen atoms in total. The molecule has 0 aliphatic rings. The second-order valence-corrected chi connectivity index (χ2v) is 5.47. The van der Waals surface area contributed by atoms with Gasteiger partial charge in [0.25, 0.3) is 0 Å². The van der Waals surface area contributed by atoms with Gasteiger partial charge in [-0.15, -0.1) is 11.3 Å². The Bertz CT molecular complexity index is 645. The van der Waals surface area contributed by atoms with Crippen LogP contribution in [0, 0.1) is 0 Å². The van der Waals surface area contributed by atoms with Crippen LogP contribution in [0.5, 0.6) is 0 Å². The maximum absolute atomic E-state index is 11.8. The first-order valence-electron chi connectivity index (χ1n) is 7.00. The molecular formula is C15H18N4O3S. The van der Waals surface area contributed by atoms with E-state index in [0.717, 1.165) is 0 Å². The van der Waals surface area contributed by atoms with Gasteiger partial charge in [0, 0.05) is 24.7 Å². The highest BCUT2D eigenvalue weighted by Crippen LogP contribution is 2.16. The Hall–Kier alpha value is -2.45. The van der Waals surface area contributed by atoms with Gasteiger partial charge in [0.1, 0.15) is 0 Å². The number of nitrogens with zero attached hydrogens (tertiary/aromatic N) is 1. The average Bonchev–Trinajstić information content (AvgIpc) is 2.95. The van der Waals surface area contributed by atoms with Crippen molar-refractivity contribution in [1.29, 1.82) is 0 Å². The van der Waals surface area contributed by atoms with E-state index in [2.05, 4.69) is 20.9 Å². The van der Waals surface area contributed by atoms with Crippen LogP contribution in [0.2, 0.25) is 0 Å². The first kappa shape index (κ1) is 16.9. The molecule has 3 N–H and O–H groups in total. The second kappa shape index (κ2) is 8.86. The summed E-state index contributed by atoms with van der Waals surface area (Å²) in [5.41, 5.74) is 1.30. The summed E-state index contributed by atoms with van der Waals surface area (Å²) in [4.78, 5) is 27.7. The number of carbonyl (C=O) groups excluding carboxylic acids is 2. The molecule has 0 aliphatic carbocycles. The normalized spacial score (nSPS) is 10.1. The van der Waals surface area contributed by atoms with Crippen LogP contribution in [-0.2, 0) is 16.0 Å². The number of hydrogen-bond acceptors (Lipinski definition) is 5. The summed E-state index contributed by atoms with van der Waals surface area (Å²) >= 11 is 1.27. The minimum atomic E-state index is -0.373. The molecule has 0 radical (unpaired) electrons. The van der Waals surface area contributed by atoms with Gasteiger partial charge in [-0.25, -0.2) is 9.78 Å². The summed E-state index contributed by atoms with van der Waals surface area (Å²) in [5, 5.41) is 10.2. The number of nitrogens with one attached hydrogen (secondary N) is 3. The highest BCUT2D eigenvalue weighted by atomic mass is 32.1. The van der Waals surface area contributed by atoms with Crippen LogP contribution in [0.15, 0.2) is 35.7 Å². The summed E-state index contributed by atoms with van der Waals surface area (Å²) in [7, 11) is 1.57. The van der Waals surface area contributed by atoms with Crippen molar-refractivity contribution in [2.75, 3.05) is 30.9 Å². The topological polar surface area (TPSA) is 92.4 Å². The molecule has 2 rings (SSSR count). The van der Waals surface area contributed by atoms with Crippen LogP contribution in [0.25, 0.3) is 0 Å². The van der Waals surface area contributed by atoms with E-state index in [1.807, 2.05) is 18.2 Å². The largest absolute Gasteiger partial charge is 0.383 e. The highest BCUT2D eigenvalue weighted by molar-refractivity contribution is 7.13. The molecule has 0 aliphatic heterocycles. The monoisotopic (exact) mass is 334 g/mol. The number of hydrogen-bond donors (Lipinski definition) is 3. The average molecular weight is 334 g/mol. The molecule has 1 aromatic carbocycles. The van der Waals surface area contributed by atoms with Gasteiger partial charge in [0.05, 0.1) is 18.7 Å². The van der Waals surface area contributed by atoms with Gasteiger partial charge < -0.3 is 15.4 Å². The Morgan fingerprint density at radius 1 is 1.22 bits per heavy atom. The molecule has 3 amide bonds. The summed E-state index contributed by atoms with van der Waals surface area (Å²) in [6, 6.07) is 8.74. The predicted molar refractivity (Wildman–Crippen MR) is 89.8 cm³/mol.